The number of sulfonamides is 1. The molecule has 1 aromatic rings. The fraction of sp³-hybridized carbons (Fsp3) is 0.467. The molecule has 1 aromatic carbocycles. The molecule has 0 heterocycles. The lowest BCUT2D eigenvalue weighted by Gasteiger charge is -2.19. The predicted molar refractivity (Wildman–Crippen MR) is 83.5 cm³/mol. The first-order valence-corrected chi connectivity index (χ1v) is 8.55. The number of benzene rings is 1. The largest absolute Gasteiger partial charge is 0.352 e. The van der Waals surface area contributed by atoms with E-state index in [0.29, 0.717) is 5.56 Å². The van der Waals surface area contributed by atoms with Crippen LogP contribution < -0.4 is 5.32 Å². The maximum Gasteiger partial charge on any atom is 0.243 e. The maximum atomic E-state index is 12.4. The topological polar surface area (TPSA) is 90.3 Å². The smallest absolute Gasteiger partial charge is 0.243 e. The Morgan fingerprint density at radius 2 is 1.82 bits per heavy atom. The average molecular weight is 323 g/mol. The zero-order chi connectivity index (χ0) is 16.8. The lowest BCUT2D eigenvalue weighted by atomic mass is 10.2. The summed E-state index contributed by atoms with van der Waals surface area (Å²) in [5.41, 5.74) is 0.382. The van der Waals surface area contributed by atoms with Crippen LogP contribution >= 0.6 is 0 Å². The number of nitriles is 1. The van der Waals surface area contributed by atoms with Crippen LogP contribution in [0.5, 0.6) is 0 Å². The second-order valence-electron chi connectivity index (χ2n) is 4.98. The number of carbonyl (C=O) groups is 1. The molecular formula is C15H21N3O3S. The van der Waals surface area contributed by atoms with Gasteiger partial charge >= 0.3 is 0 Å². The number of amides is 1. The highest BCUT2D eigenvalue weighted by molar-refractivity contribution is 7.89. The van der Waals surface area contributed by atoms with Gasteiger partial charge in [-0.1, -0.05) is 13.8 Å². The molecule has 0 atom stereocenters. The first-order valence-electron chi connectivity index (χ1n) is 7.11. The van der Waals surface area contributed by atoms with Crippen LogP contribution in [-0.4, -0.2) is 38.3 Å². The summed E-state index contributed by atoms with van der Waals surface area (Å²) >= 11 is 0. The Morgan fingerprint density at radius 3 is 2.27 bits per heavy atom. The van der Waals surface area contributed by atoms with Gasteiger partial charge in [-0.05, 0) is 37.1 Å². The van der Waals surface area contributed by atoms with Crippen LogP contribution in [-0.2, 0) is 14.8 Å². The van der Waals surface area contributed by atoms with Crippen LogP contribution in [0.4, 0.5) is 0 Å². The van der Waals surface area contributed by atoms with Crippen molar-refractivity contribution < 1.29 is 13.2 Å². The average Bonchev–Trinajstić information content (AvgIpc) is 2.52. The van der Waals surface area contributed by atoms with E-state index in [4.69, 9.17) is 5.26 Å². The second kappa shape index (κ2) is 7.92. The van der Waals surface area contributed by atoms with Crippen molar-refractivity contribution in [1.82, 2.24) is 9.62 Å². The van der Waals surface area contributed by atoms with Gasteiger partial charge in [0.2, 0.25) is 15.9 Å². The third-order valence-corrected chi connectivity index (χ3v) is 5.23. The highest BCUT2D eigenvalue weighted by Gasteiger charge is 2.23. The molecule has 1 N–H and O–H groups in total. The molecule has 0 aromatic heterocycles. The summed E-state index contributed by atoms with van der Waals surface area (Å²) in [5.74, 6) is -0.326. The summed E-state index contributed by atoms with van der Waals surface area (Å²) in [4.78, 5) is 12.0. The summed E-state index contributed by atoms with van der Waals surface area (Å²) in [6, 6.07) is 7.58. The Balaban J connectivity index is 2.80. The van der Waals surface area contributed by atoms with Crippen molar-refractivity contribution in [3.63, 3.8) is 0 Å². The molecule has 1 rings (SSSR count). The fourth-order valence-corrected chi connectivity index (χ4v) is 3.06. The van der Waals surface area contributed by atoms with Gasteiger partial charge in [0.05, 0.1) is 23.1 Å². The second-order valence-corrected chi connectivity index (χ2v) is 7.02. The normalized spacial score (nSPS) is 11.5. The van der Waals surface area contributed by atoms with Crippen LogP contribution in [0, 0.1) is 11.3 Å². The number of hydrogen-bond acceptors (Lipinski definition) is 4. The summed E-state index contributed by atoms with van der Waals surface area (Å²) in [7, 11) is -2.38. The number of likely N-dealkylation sites (N-methyl/N-ethyl adjacent to an activating group) is 1. The maximum absolute atomic E-state index is 12.4. The van der Waals surface area contributed by atoms with Gasteiger partial charge in [0, 0.05) is 13.1 Å². The molecule has 0 saturated heterocycles. The van der Waals surface area contributed by atoms with Gasteiger partial charge in [0.1, 0.15) is 0 Å². The Kier molecular flexibility index (Phi) is 6.53. The van der Waals surface area contributed by atoms with Crippen molar-refractivity contribution in [3.05, 3.63) is 29.8 Å². The highest BCUT2D eigenvalue weighted by atomic mass is 32.2. The lowest BCUT2D eigenvalue weighted by Crippen LogP contribution is -2.42. The van der Waals surface area contributed by atoms with E-state index in [2.05, 4.69) is 5.32 Å². The Hall–Kier alpha value is -1.91. The van der Waals surface area contributed by atoms with Gasteiger partial charge < -0.3 is 5.32 Å². The molecule has 0 bridgehead atoms. The summed E-state index contributed by atoms with van der Waals surface area (Å²) in [6.45, 7) is 3.69. The minimum absolute atomic E-state index is 0.0542. The molecule has 0 radical (unpaired) electrons. The number of carbonyl (C=O) groups excluding carboxylic acids is 1. The summed E-state index contributed by atoms with van der Waals surface area (Å²) < 4.78 is 25.7. The molecule has 22 heavy (non-hydrogen) atoms. The summed E-state index contributed by atoms with van der Waals surface area (Å²) in [6.07, 6.45) is 1.60. The molecule has 0 fully saturated rings. The van der Waals surface area contributed by atoms with Crippen LogP contribution in [0.1, 0.15) is 32.3 Å². The molecule has 120 valence electrons. The van der Waals surface area contributed by atoms with Gasteiger partial charge in [0.15, 0.2) is 0 Å². The molecule has 0 aliphatic rings. The minimum atomic E-state index is -3.75. The number of rotatable bonds is 7. The van der Waals surface area contributed by atoms with E-state index in [-0.39, 0.29) is 23.4 Å². The fourth-order valence-electron chi connectivity index (χ4n) is 1.93. The first kappa shape index (κ1) is 18.1. The van der Waals surface area contributed by atoms with Gasteiger partial charge in [-0.3, -0.25) is 4.79 Å². The van der Waals surface area contributed by atoms with Crippen LogP contribution in [0.3, 0.4) is 0 Å². The van der Waals surface area contributed by atoms with E-state index in [1.54, 1.807) is 0 Å². The van der Waals surface area contributed by atoms with E-state index in [0.717, 1.165) is 17.1 Å². The van der Waals surface area contributed by atoms with Crippen LogP contribution in [0.15, 0.2) is 29.2 Å². The van der Waals surface area contributed by atoms with Crippen molar-refractivity contribution in [1.29, 1.82) is 5.26 Å². The minimum Gasteiger partial charge on any atom is -0.352 e. The van der Waals surface area contributed by atoms with Gasteiger partial charge in [0.25, 0.3) is 0 Å². The SMILES string of the molecule is CCC(CC)NC(=O)CN(C)S(=O)(=O)c1ccc(C#N)cc1. The van der Waals surface area contributed by atoms with Crippen LogP contribution in [0.25, 0.3) is 0 Å². The zero-order valence-corrected chi connectivity index (χ0v) is 13.9. The van der Waals surface area contributed by atoms with Crippen molar-refractivity contribution in [2.45, 2.75) is 37.6 Å². The first-order chi connectivity index (χ1) is 10.3. The van der Waals surface area contributed by atoms with E-state index < -0.39 is 10.0 Å². The quantitative estimate of drug-likeness (QED) is 0.823. The van der Waals surface area contributed by atoms with E-state index in [9.17, 15) is 13.2 Å². The van der Waals surface area contributed by atoms with Crippen molar-refractivity contribution in [3.8, 4) is 6.07 Å². The summed E-state index contributed by atoms with van der Waals surface area (Å²) in [5, 5.41) is 11.5. The molecule has 1 amide bonds. The molecule has 0 spiro atoms. The van der Waals surface area contributed by atoms with E-state index >= 15 is 0 Å². The molecule has 6 nitrogen and oxygen atoms in total. The molecule has 0 aliphatic carbocycles. The number of nitrogens with zero attached hydrogens (tertiary/aromatic N) is 2. The van der Waals surface area contributed by atoms with Crippen molar-refractivity contribution >= 4 is 15.9 Å². The van der Waals surface area contributed by atoms with Gasteiger partial charge in [-0.2, -0.15) is 9.57 Å². The molecule has 0 unspecified atom stereocenters. The van der Waals surface area contributed by atoms with Gasteiger partial charge in [-0.15, -0.1) is 0 Å². The predicted octanol–water partition coefficient (Wildman–Crippen LogP) is 1.48. The third kappa shape index (κ3) is 4.55. The Labute approximate surface area is 131 Å². The lowest BCUT2D eigenvalue weighted by molar-refractivity contribution is -0.121. The molecule has 0 aliphatic heterocycles. The Bertz CT molecular complexity index is 644. The number of hydrogen-bond donors (Lipinski definition) is 1. The molecular weight excluding hydrogens is 302 g/mol. The van der Waals surface area contributed by atoms with Crippen molar-refractivity contribution in [2.75, 3.05) is 13.6 Å². The standard InChI is InChI=1S/C15H21N3O3S/c1-4-13(5-2)17-15(19)11-18(3)22(20,21)14-8-6-12(10-16)7-9-14/h6-9,13H,4-5,11H2,1-3H3,(H,17,19). The molecule has 7 heteroatoms. The monoisotopic (exact) mass is 323 g/mol. The Morgan fingerprint density at radius 1 is 1.27 bits per heavy atom. The van der Waals surface area contributed by atoms with Gasteiger partial charge in [-0.25, -0.2) is 8.42 Å². The zero-order valence-electron chi connectivity index (χ0n) is 13.0. The number of nitrogens with one attached hydrogen (secondary N) is 1. The van der Waals surface area contributed by atoms with E-state index in [1.807, 2.05) is 19.9 Å². The van der Waals surface area contributed by atoms with E-state index in [1.165, 1.54) is 31.3 Å². The van der Waals surface area contributed by atoms with Crippen molar-refractivity contribution in [2.24, 2.45) is 0 Å². The highest BCUT2D eigenvalue weighted by Crippen LogP contribution is 2.14. The third-order valence-electron chi connectivity index (χ3n) is 3.41. The van der Waals surface area contributed by atoms with Crippen LogP contribution in [0.2, 0.25) is 0 Å². The molecule has 0 saturated carbocycles.